The molecule has 5 rings (SSSR count). The van der Waals surface area contributed by atoms with Crippen LogP contribution in [0.25, 0.3) is 0 Å². The minimum Gasteiger partial charge on any atom is -0.465 e. The molecule has 4 aliphatic rings. The van der Waals surface area contributed by atoms with Crippen molar-refractivity contribution in [1.29, 1.82) is 0 Å². The summed E-state index contributed by atoms with van der Waals surface area (Å²) in [7, 11) is 0. The largest absolute Gasteiger partial charge is 0.465 e. The number of hydrogen-bond donors (Lipinski definition) is 1. The minimum absolute atomic E-state index is 0.312. The van der Waals surface area contributed by atoms with Gasteiger partial charge in [-0.05, 0) is 58.2 Å². The number of amides is 1. The van der Waals surface area contributed by atoms with E-state index < -0.39 is 6.09 Å². The molecule has 3 saturated heterocycles. The van der Waals surface area contributed by atoms with Crippen LogP contribution in [0.3, 0.4) is 0 Å². The van der Waals surface area contributed by atoms with E-state index in [4.69, 9.17) is 9.52 Å². The molecule has 0 unspecified atom stereocenters. The molecular weight excluding hydrogens is 332 g/mol. The van der Waals surface area contributed by atoms with E-state index in [0.717, 1.165) is 18.8 Å². The molecular formula is C19H28N4O3. The van der Waals surface area contributed by atoms with E-state index >= 15 is 0 Å². The summed E-state index contributed by atoms with van der Waals surface area (Å²) in [5, 5.41) is 9.02. The number of hydrogen-bond acceptors (Lipinski definition) is 5. The second-order valence-corrected chi connectivity index (χ2v) is 8.77. The molecule has 7 heteroatoms. The van der Waals surface area contributed by atoms with Crippen molar-refractivity contribution in [2.75, 3.05) is 32.7 Å². The van der Waals surface area contributed by atoms with Gasteiger partial charge in [0.15, 0.2) is 6.39 Å². The van der Waals surface area contributed by atoms with Gasteiger partial charge in [0.1, 0.15) is 5.76 Å². The first kappa shape index (κ1) is 16.6. The Hall–Kier alpha value is -1.60. The van der Waals surface area contributed by atoms with Gasteiger partial charge >= 0.3 is 6.09 Å². The van der Waals surface area contributed by atoms with E-state index in [1.165, 1.54) is 58.2 Å². The predicted octanol–water partition coefficient (Wildman–Crippen LogP) is 2.42. The van der Waals surface area contributed by atoms with Gasteiger partial charge < -0.3 is 19.3 Å². The maximum absolute atomic E-state index is 11.0. The van der Waals surface area contributed by atoms with Crippen molar-refractivity contribution in [3.8, 4) is 0 Å². The molecule has 1 aromatic heterocycles. The van der Waals surface area contributed by atoms with Gasteiger partial charge in [0.05, 0.1) is 12.2 Å². The lowest BCUT2D eigenvalue weighted by atomic mass is 9.60. The summed E-state index contributed by atoms with van der Waals surface area (Å²) in [6, 6.07) is 1.75. The van der Waals surface area contributed by atoms with Crippen molar-refractivity contribution in [3.05, 3.63) is 18.4 Å². The molecule has 0 aromatic carbocycles. The van der Waals surface area contributed by atoms with E-state index in [1.54, 1.807) is 11.3 Å². The van der Waals surface area contributed by atoms with Crippen LogP contribution in [0, 0.1) is 5.41 Å². The van der Waals surface area contributed by atoms with Crippen LogP contribution in [0.2, 0.25) is 0 Å². The molecule has 3 aliphatic heterocycles. The molecule has 1 N–H and O–H groups in total. The summed E-state index contributed by atoms with van der Waals surface area (Å²) in [5.41, 5.74) is 0.312. The van der Waals surface area contributed by atoms with E-state index in [9.17, 15) is 4.79 Å². The second kappa shape index (κ2) is 6.23. The molecule has 1 aromatic rings. The predicted molar refractivity (Wildman–Crippen MR) is 94.8 cm³/mol. The summed E-state index contributed by atoms with van der Waals surface area (Å²) in [5.74, 6) is 1.03. The fraction of sp³-hybridized carbons (Fsp3) is 0.789. The molecule has 1 amide bonds. The average molecular weight is 360 g/mol. The Kier molecular flexibility index (Phi) is 3.97. The van der Waals surface area contributed by atoms with Crippen LogP contribution < -0.4 is 0 Å². The third-order valence-electron chi connectivity index (χ3n) is 7.22. The lowest BCUT2D eigenvalue weighted by Gasteiger charge is -2.61. The number of rotatable bonds is 3. The van der Waals surface area contributed by atoms with Gasteiger partial charge in [-0.25, -0.2) is 9.78 Å². The normalized spacial score (nSPS) is 30.5. The number of nitrogens with zero attached hydrogens (tertiary/aromatic N) is 4. The Balaban J connectivity index is 1.11. The van der Waals surface area contributed by atoms with Gasteiger partial charge in [0, 0.05) is 30.6 Å². The summed E-state index contributed by atoms with van der Waals surface area (Å²) in [4.78, 5) is 21.9. The van der Waals surface area contributed by atoms with Gasteiger partial charge in [-0.15, -0.1) is 0 Å². The van der Waals surface area contributed by atoms with Crippen molar-refractivity contribution in [1.82, 2.24) is 19.7 Å². The summed E-state index contributed by atoms with van der Waals surface area (Å²) >= 11 is 0. The van der Waals surface area contributed by atoms with Crippen LogP contribution >= 0.6 is 0 Å². The van der Waals surface area contributed by atoms with Gasteiger partial charge in [-0.2, -0.15) is 0 Å². The molecule has 1 saturated carbocycles. The SMILES string of the molecule is O=C(O)N1CC2(CC(N3CCC(N4CCC[C@@H]4c4cnco4)CC3)C2)C1. The summed E-state index contributed by atoms with van der Waals surface area (Å²) in [6.07, 6.45) is 9.93. The Morgan fingerprint density at radius 3 is 2.58 bits per heavy atom. The van der Waals surface area contributed by atoms with Crippen LogP contribution in [0.4, 0.5) is 4.79 Å². The zero-order valence-electron chi connectivity index (χ0n) is 15.2. The third-order valence-corrected chi connectivity index (χ3v) is 7.22. The zero-order valence-corrected chi connectivity index (χ0v) is 15.2. The highest BCUT2D eigenvalue weighted by Gasteiger charge is 2.55. The second-order valence-electron chi connectivity index (χ2n) is 8.77. The van der Waals surface area contributed by atoms with E-state index in [0.29, 0.717) is 23.5 Å². The van der Waals surface area contributed by atoms with Gasteiger partial charge in [0.25, 0.3) is 0 Å². The number of carbonyl (C=O) groups is 1. The van der Waals surface area contributed by atoms with E-state index in [2.05, 4.69) is 14.8 Å². The highest BCUT2D eigenvalue weighted by atomic mass is 16.4. The van der Waals surface area contributed by atoms with Crippen molar-refractivity contribution < 1.29 is 14.3 Å². The van der Waals surface area contributed by atoms with Crippen LogP contribution in [-0.4, -0.2) is 75.7 Å². The molecule has 4 heterocycles. The molecule has 1 spiro atoms. The quantitative estimate of drug-likeness (QED) is 0.892. The molecule has 0 radical (unpaired) electrons. The first-order valence-electron chi connectivity index (χ1n) is 10.00. The molecule has 4 fully saturated rings. The number of likely N-dealkylation sites (tertiary alicyclic amines) is 3. The molecule has 26 heavy (non-hydrogen) atoms. The Morgan fingerprint density at radius 1 is 1.15 bits per heavy atom. The maximum Gasteiger partial charge on any atom is 0.407 e. The van der Waals surface area contributed by atoms with Gasteiger partial charge in [0.2, 0.25) is 0 Å². The monoisotopic (exact) mass is 360 g/mol. The number of aromatic nitrogens is 1. The van der Waals surface area contributed by atoms with Crippen LogP contribution in [-0.2, 0) is 0 Å². The standard InChI is InChI=1S/C19H28N4O3/c24-18(25)22-11-19(12-22)8-15(9-19)21-6-3-14(4-7-21)23-5-1-2-16(23)17-10-20-13-26-17/h10,13-16H,1-9,11-12H2,(H,24,25)/t16-/m1/s1. The highest BCUT2D eigenvalue weighted by Crippen LogP contribution is 2.50. The first-order chi connectivity index (χ1) is 12.6. The smallest absolute Gasteiger partial charge is 0.407 e. The van der Waals surface area contributed by atoms with E-state index in [-0.39, 0.29) is 0 Å². The first-order valence-corrected chi connectivity index (χ1v) is 10.00. The third kappa shape index (κ3) is 2.72. The van der Waals surface area contributed by atoms with Gasteiger partial charge in [-0.3, -0.25) is 4.90 Å². The number of piperidine rings is 1. The lowest BCUT2D eigenvalue weighted by Crippen LogP contribution is -2.68. The Labute approximate surface area is 153 Å². The summed E-state index contributed by atoms with van der Waals surface area (Å²) in [6.45, 7) is 5.03. The molecule has 7 nitrogen and oxygen atoms in total. The van der Waals surface area contributed by atoms with Gasteiger partial charge in [-0.1, -0.05) is 0 Å². The maximum atomic E-state index is 11.0. The van der Waals surface area contributed by atoms with Crippen LogP contribution in [0.1, 0.15) is 50.3 Å². The Morgan fingerprint density at radius 2 is 1.92 bits per heavy atom. The van der Waals surface area contributed by atoms with Crippen LogP contribution in [0.5, 0.6) is 0 Å². The molecule has 142 valence electrons. The topological polar surface area (TPSA) is 73.1 Å². The van der Waals surface area contributed by atoms with E-state index in [1.807, 2.05) is 6.20 Å². The average Bonchev–Trinajstić information content (AvgIpc) is 3.23. The van der Waals surface area contributed by atoms with Crippen molar-refractivity contribution in [2.45, 2.75) is 56.7 Å². The fourth-order valence-corrected chi connectivity index (χ4v) is 5.86. The fourth-order valence-electron chi connectivity index (χ4n) is 5.86. The van der Waals surface area contributed by atoms with Crippen LogP contribution in [0.15, 0.2) is 17.0 Å². The molecule has 1 atom stereocenters. The number of carboxylic acid groups (broad SMARTS) is 1. The lowest BCUT2D eigenvalue weighted by molar-refractivity contribution is -0.103. The summed E-state index contributed by atoms with van der Waals surface area (Å²) < 4.78 is 5.58. The van der Waals surface area contributed by atoms with Crippen molar-refractivity contribution in [2.24, 2.45) is 5.41 Å². The molecule has 1 aliphatic carbocycles. The zero-order chi connectivity index (χ0) is 17.7. The van der Waals surface area contributed by atoms with Crippen molar-refractivity contribution in [3.63, 3.8) is 0 Å². The molecule has 0 bridgehead atoms. The highest BCUT2D eigenvalue weighted by molar-refractivity contribution is 5.66. The van der Waals surface area contributed by atoms with Crippen molar-refractivity contribution >= 4 is 6.09 Å². The number of oxazole rings is 1. The Bertz CT molecular complexity index is 642. The minimum atomic E-state index is -0.758.